The number of Topliss-reactive ketones (excluding diaryl/α,β-unsaturated/α-hetero) is 2. The maximum Gasteiger partial charge on any atom is 0.338 e. The van der Waals surface area contributed by atoms with Crippen molar-refractivity contribution in [2.45, 2.75) is 84.8 Å². The number of ketones is 2. The van der Waals surface area contributed by atoms with Crippen LogP contribution < -0.4 is 4.74 Å². The van der Waals surface area contributed by atoms with E-state index >= 15 is 0 Å². The lowest BCUT2D eigenvalue weighted by Crippen LogP contribution is -2.17. The Kier molecular flexibility index (Phi) is 12.1. The van der Waals surface area contributed by atoms with Crippen molar-refractivity contribution in [3.63, 3.8) is 0 Å². The molecule has 6 heteroatoms. The predicted molar refractivity (Wildman–Crippen MR) is 171 cm³/mol. The van der Waals surface area contributed by atoms with Crippen molar-refractivity contribution in [3.05, 3.63) is 101 Å². The van der Waals surface area contributed by atoms with Crippen LogP contribution in [0.5, 0.6) is 5.75 Å². The van der Waals surface area contributed by atoms with Crippen LogP contribution in [0.1, 0.15) is 97.1 Å². The number of aromatic nitrogens is 1. The summed E-state index contributed by atoms with van der Waals surface area (Å²) in [5.74, 6) is 0.0597. The highest BCUT2D eigenvalue weighted by Crippen LogP contribution is 2.26. The van der Waals surface area contributed by atoms with Gasteiger partial charge in [0.1, 0.15) is 19.0 Å². The molecule has 226 valence electrons. The number of benzene rings is 3. The van der Waals surface area contributed by atoms with Crippen molar-refractivity contribution in [3.8, 4) is 5.75 Å². The Hall–Kier alpha value is -4.19. The molecule has 0 saturated carbocycles. The van der Waals surface area contributed by atoms with Gasteiger partial charge in [0.25, 0.3) is 0 Å². The molecule has 0 fully saturated rings. The third-order valence-corrected chi connectivity index (χ3v) is 7.60. The van der Waals surface area contributed by atoms with Gasteiger partial charge in [0.05, 0.1) is 12.1 Å². The molecule has 0 aliphatic carbocycles. The number of fused-ring (bicyclic) bond motifs is 1. The number of rotatable bonds is 18. The van der Waals surface area contributed by atoms with Crippen LogP contribution in [0.2, 0.25) is 0 Å². The summed E-state index contributed by atoms with van der Waals surface area (Å²) in [5, 5.41) is 0.641. The summed E-state index contributed by atoms with van der Waals surface area (Å²) in [6.45, 7) is 4.33. The van der Waals surface area contributed by atoms with Gasteiger partial charge in [-0.1, -0.05) is 88.4 Å². The second-order valence-corrected chi connectivity index (χ2v) is 11.1. The van der Waals surface area contributed by atoms with Crippen LogP contribution in [-0.2, 0) is 29.1 Å². The minimum atomic E-state index is -0.463. The lowest BCUT2D eigenvalue weighted by Gasteiger charge is -2.09. The summed E-state index contributed by atoms with van der Waals surface area (Å²) < 4.78 is 13.1. The summed E-state index contributed by atoms with van der Waals surface area (Å²) in [6, 6.07) is 22.6. The summed E-state index contributed by atoms with van der Waals surface area (Å²) in [4.78, 5) is 38.7. The molecule has 1 aromatic heterocycles. The molecule has 0 spiro atoms. The van der Waals surface area contributed by atoms with Crippen molar-refractivity contribution in [2.75, 3.05) is 6.61 Å². The molecule has 3 aromatic carbocycles. The predicted octanol–water partition coefficient (Wildman–Crippen LogP) is 8.53. The number of carbonyl (C=O) groups is 3. The zero-order chi connectivity index (χ0) is 30.4. The Bertz CT molecular complexity index is 1490. The maximum atomic E-state index is 13.0. The van der Waals surface area contributed by atoms with Gasteiger partial charge in [0.2, 0.25) is 0 Å². The van der Waals surface area contributed by atoms with E-state index in [1.165, 1.54) is 44.1 Å². The first-order chi connectivity index (χ1) is 21.0. The van der Waals surface area contributed by atoms with E-state index in [0.717, 1.165) is 12.0 Å². The van der Waals surface area contributed by atoms with Crippen molar-refractivity contribution < 1.29 is 23.9 Å². The Labute approximate surface area is 255 Å². The molecule has 0 N–H and O–H groups in total. The number of hydrogen-bond acceptors (Lipinski definition) is 5. The third kappa shape index (κ3) is 9.40. The first-order valence-corrected chi connectivity index (χ1v) is 15.6. The molecule has 0 aliphatic heterocycles. The average Bonchev–Trinajstić information content (AvgIpc) is 3.39. The maximum absolute atomic E-state index is 13.0. The highest BCUT2D eigenvalue weighted by molar-refractivity contribution is 6.09. The molecule has 0 atom stereocenters. The second-order valence-electron chi connectivity index (χ2n) is 11.1. The van der Waals surface area contributed by atoms with E-state index in [4.69, 9.17) is 9.47 Å². The highest BCUT2D eigenvalue weighted by Gasteiger charge is 2.19. The number of nitrogens with zero attached hydrogens (tertiary/aromatic N) is 1. The van der Waals surface area contributed by atoms with Gasteiger partial charge in [-0.15, -0.1) is 0 Å². The van der Waals surface area contributed by atoms with Crippen molar-refractivity contribution >= 4 is 28.4 Å². The van der Waals surface area contributed by atoms with Crippen LogP contribution in [0.3, 0.4) is 0 Å². The van der Waals surface area contributed by atoms with Gasteiger partial charge in [0.15, 0.2) is 11.6 Å². The fourth-order valence-corrected chi connectivity index (χ4v) is 5.21. The second kappa shape index (κ2) is 16.4. The van der Waals surface area contributed by atoms with Gasteiger partial charge in [-0.3, -0.25) is 9.59 Å². The number of unbranched alkanes of at least 4 members (excludes halogenated alkanes) is 5. The first kappa shape index (κ1) is 31.7. The number of esters is 1. The minimum absolute atomic E-state index is 0.0224. The van der Waals surface area contributed by atoms with E-state index in [-0.39, 0.29) is 31.3 Å². The van der Waals surface area contributed by atoms with Gasteiger partial charge >= 0.3 is 5.97 Å². The first-order valence-electron chi connectivity index (χ1n) is 15.6. The minimum Gasteiger partial charge on any atom is -0.486 e. The van der Waals surface area contributed by atoms with Gasteiger partial charge in [-0.2, -0.15) is 0 Å². The lowest BCUT2D eigenvalue weighted by molar-refractivity contribution is -0.121. The lowest BCUT2D eigenvalue weighted by atomic mass is 10.0. The number of aryl methyl sites for hydroxylation is 1. The summed E-state index contributed by atoms with van der Waals surface area (Å²) in [7, 11) is 0. The molecule has 43 heavy (non-hydrogen) atoms. The summed E-state index contributed by atoms with van der Waals surface area (Å²) in [6.07, 6.45) is 11.5. The topological polar surface area (TPSA) is 74.6 Å². The smallest absolute Gasteiger partial charge is 0.338 e. The molecule has 4 aromatic rings. The van der Waals surface area contributed by atoms with Gasteiger partial charge in [-0.05, 0) is 60.7 Å². The quantitative estimate of drug-likeness (QED) is 0.0669. The fourth-order valence-electron chi connectivity index (χ4n) is 5.21. The molecule has 0 aliphatic rings. The van der Waals surface area contributed by atoms with Crippen molar-refractivity contribution in [1.29, 1.82) is 0 Å². The Morgan fingerprint density at radius 3 is 2.26 bits per heavy atom. The Morgan fingerprint density at radius 1 is 0.767 bits per heavy atom. The number of hydrogen-bond donors (Lipinski definition) is 0. The molecule has 1 heterocycles. The number of carbonyl (C=O) groups excluding carboxylic acids is 3. The molecule has 0 unspecified atom stereocenters. The molecular weight excluding hydrogens is 538 g/mol. The molecule has 0 amide bonds. The molecule has 0 saturated heterocycles. The van der Waals surface area contributed by atoms with Crippen LogP contribution in [-0.4, -0.2) is 28.7 Å². The van der Waals surface area contributed by atoms with Crippen LogP contribution in [0.15, 0.2) is 79.0 Å². The molecule has 4 rings (SSSR count). The summed E-state index contributed by atoms with van der Waals surface area (Å²) >= 11 is 0. The van der Waals surface area contributed by atoms with E-state index < -0.39 is 5.97 Å². The average molecular weight is 582 g/mol. The Balaban J connectivity index is 1.37. The SMILES string of the molecule is CCCCCCCCc1ccc(OCC(=O)Cn2cc(C(=O)CCC)c3cc(C(=O)OCc4ccccc4)ccc32)cc1. The normalized spacial score (nSPS) is 11.0. The van der Waals surface area contributed by atoms with Gasteiger partial charge < -0.3 is 14.0 Å². The van der Waals surface area contributed by atoms with E-state index in [1.807, 2.05) is 49.4 Å². The van der Waals surface area contributed by atoms with E-state index in [1.54, 1.807) is 29.0 Å². The van der Waals surface area contributed by atoms with Gasteiger partial charge in [0, 0.05) is 29.1 Å². The zero-order valence-electron chi connectivity index (χ0n) is 25.5. The summed E-state index contributed by atoms with van der Waals surface area (Å²) in [5.41, 5.74) is 3.75. The molecular formula is C37H43NO5. The van der Waals surface area contributed by atoms with E-state index in [0.29, 0.717) is 40.6 Å². The van der Waals surface area contributed by atoms with Crippen molar-refractivity contribution in [1.82, 2.24) is 4.57 Å². The van der Waals surface area contributed by atoms with E-state index in [9.17, 15) is 14.4 Å². The van der Waals surface area contributed by atoms with Crippen LogP contribution in [0.25, 0.3) is 10.9 Å². The van der Waals surface area contributed by atoms with Gasteiger partial charge in [-0.25, -0.2) is 4.79 Å². The van der Waals surface area contributed by atoms with Crippen LogP contribution in [0.4, 0.5) is 0 Å². The molecule has 0 radical (unpaired) electrons. The zero-order valence-corrected chi connectivity index (χ0v) is 25.5. The highest BCUT2D eigenvalue weighted by atomic mass is 16.5. The molecule has 0 bridgehead atoms. The standard InChI is InChI=1S/C37H43NO5/c1-3-5-6-7-8-10-14-28-17-20-32(21-18-28)42-27-31(39)24-38-25-34(36(40)13-4-2)33-23-30(19-22-35(33)38)37(41)43-26-29-15-11-9-12-16-29/h9,11-12,15-23,25H,3-8,10,13-14,24,26-27H2,1-2H3. The largest absolute Gasteiger partial charge is 0.486 e. The fraction of sp³-hybridized carbons (Fsp3) is 0.378. The monoisotopic (exact) mass is 581 g/mol. The Morgan fingerprint density at radius 2 is 1.51 bits per heavy atom. The molecule has 6 nitrogen and oxygen atoms in total. The van der Waals surface area contributed by atoms with E-state index in [2.05, 4.69) is 19.1 Å². The van der Waals surface area contributed by atoms with Crippen LogP contribution >= 0.6 is 0 Å². The number of ether oxygens (including phenoxy) is 2. The third-order valence-electron chi connectivity index (χ3n) is 7.60. The van der Waals surface area contributed by atoms with Crippen LogP contribution in [0, 0.1) is 0 Å². The van der Waals surface area contributed by atoms with Crippen molar-refractivity contribution in [2.24, 2.45) is 0 Å².